The van der Waals surface area contributed by atoms with Crippen molar-refractivity contribution in [2.75, 3.05) is 6.61 Å². The van der Waals surface area contributed by atoms with Crippen LogP contribution in [0.4, 0.5) is 0 Å². The first-order chi connectivity index (χ1) is 13.8. The first-order valence-corrected chi connectivity index (χ1v) is 10.3. The zero-order valence-corrected chi connectivity index (χ0v) is 16.3. The van der Waals surface area contributed by atoms with Crippen molar-refractivity contribution in [1.29, 1.82) is 0 Å². The second-order valence-corrected chi connectivity index (χ2v) is 7.70. The van der Waals surface area contributed by atoms with E-state index < -0.39 is 0 Å². The number of para-hydroxylation sites is 2. The average molecular weight is 389 g/mol. The lowest BCUT2D eigenvalue weighted by molar-refractivity contribution is 0.320. The van der Waals surface area contributed by atoms with Crippen molar-refractivity contribution in [2.24, 2.45) is 0 Å². The van der Waals surface area contributed by atoms with Crippen molar-refractivity contribution in [1.82, 2.24) is 15.0 Å². The van der Waals surface area contributed by atoms with Crippen LogP contribution in [0.2, 0.25) is 0 Å². The molecular weight excluding hydrogens is 370 g/mol. The van der Waals surface area contributed by atoms with Crippen LogP contribution in [-0.4, -0.2) is 21.6 Å². The van der Waals surface area contributed by atoms with Gasteiger partial charge in [-0.15, -0.1) is 11.3 Å². The van der Waals surface area contributed by atoms with Gasteiger partial charge in [-0.3, -0.25) is 4.98 Å². The summed E-state index contributed by atoms with van der Waals surface area (Å²) in [6.45, 7) is 2.54. The first-order valence-electron chi connectivity index (χ1n) is 9.46. The highest BCUT2D eigenvalue weighted by Crippen LogP contribution is 2.43. The molecule has 0 unspecified atom stereocenters. The molecule has 1 aliphatic carbocycles. The van der Waals surface area contributed by atoms with Crippen LogP contribution in [0.25, 0.3) is 21.6 Å². The minimum Gasteiger partial charge on any atom is -0.490 e. The zero-order chi connectivity index (χ0) is 18.9. The third kappa shape index (κ3) is 2.99. The van der Waals surface area contributed by atoms with Gasteiger partial charge in [0.1, 0.15) is 4.83 Å². The Morgan fingerprint density at radius 3 is 2.75 bits per heavy atom. The maximum absolute atomic E-state index is 6.33. The van der Waals surface area contributed by atoms with E-state index in [1.807, 2.05) is 43.3 Å². The molecule has 0 radical (unpaired) electrons. The Kier molecular flexibility index (Phi) is 4.41. The van der Waals surface area contributed by atoms with E-state index in [0.717, 1.165) is 28.6 Å². The predicted molar refractivity (Wildman–Crippen MR) is 110 cm³/mol. The van der Waals surface area contributed by atoms with Crippen LogP contribution in [0.3, 0.4) is 0 Å². The summed E-state index contributed by atoms with van der Waals surface area (Å²) in [6.07, 6.45) is 6.86. The molecule has 6 heteroatoms. The van der Waals surface area contributed by atoms with Crippen LogP contribution >= 0.6 is 11.3 Å². The highest BCUT2D eigenvalue weighted by Gasteiger charge is 2.24. The minimum atomic E-state index is 0.578. The summed E-state index contributed by atoms with van der Waals surface area (Å²) < 4.78 is 12.1. The smallest absolute Gasteiger partial charge is 0.232 e. The molecule has 1 aliphatic rings. The summed E-state index contributed by atoms with van der Waals surface area (Å²) in [5, 5.41) is 1.04. The molecule has 0 spiro atoms. The van der Waals surface area contributed by atoms with Gasteiger partial charge in [-0.2, -0.15) is 4.98 Å². The van der Waals surface area contributed by atoms with Gasteiger partial charge in [-0.1, -0.05) is 12.1 Å². The molecule has 28 heavy (non-hydrogen) atoms. The van der Waals surface area contributed by atoms with E-state index >= 15 is 0 Å². The van der Waals surface area contributed by atoms with Gasteiger partial charge in [-0.25, -0.2) is 4.98 Å². The van der Waals surface area contributed by atoms with Crippen molar-refractivity contribution in [3.63, 3.8) is 0 Å². The largest absolute Gasteiger partial charge is 0.490 e. The van der Waals surface area contributed by atoms with Crippen molar-refractivity contribution in [3.05, 3.63) is 59.2 Å². The van der Waals surface area contributed by atoms with E-state index in [9.17, 15) is 0 Å². The van der Waals surface area contributed by atoms with Gasteiger partial charge in [0, 0.05) is 22.8 Å². The number of ether oxygens (including phenoxy) is 2. The maximum atomic E-state index is 6.33. The SMILES string of the molecule is CCOc1ccccc1Oc1nc(-c2cccnc2)nc2sc3c(c12)CCC3. The number of aryl methyl sites for hydroxylation is 2. The van der Waals surface area contributed by atoms with Crippen molar-refractivity contribution in [2.45, 2.75) is 26.2 Å². The number of benzene rings is 1. The van der Waals surface area contributed by atoms with Crippen LogP contribution in [0.5, 0.6) is 17.4 Å². The van der Waals surface area contributed by atoms with Gasteiger partial charge in [0.2, 0.25) is 5.88 Å². The molecule has 140 valence electrons. The zero-order valence-electron chi connectivity index (χ0n) is 15.5. The number of hydrogen-bond acceptors (Lipinski definition) is 6. The van der Waals surface area contributed by atoms with Crippen molar-refractivity contribution >= 4 is 21.6 Å². The molecule has 0 saturated heterocycles. The Balaban J connectivity index is 1.68. The monoisotopic (exact) mass is 389 g/mol. The van der Waals surface area contributed by atoms with Crippen LogP contribution in [0, 0.1) is 0 Å². The lowest BCUT2D eigenvalue weighted by Crippen LogP contribution is -1.98. The number of pyridine rings is 1. The average Bonchev–Trinajstić information content (AvgIpc) is 3.31. The Morgan fingerprint density at radius 1 is 1.04 bits per heavy atom. The number of thiophene rings is 1. The second-order valence-electron chi connectivity index (χ2n) is 6.61. The first kappa shape index (κ1) is 17.1. The molecule has 0 bridgehead atoms. The number of rotatable bonds is 5. The summed E-state index contributed by atoms with van der Waals surface area (Å²) in [6, 6.07) is 11.6. The fraction of sp³-hybridized carbons (Fsp3) is 0.227. The summed E-state index contributed by atoms with van der Waals surface area (Å²) in [5.41, 5.74) is 2.21. The van der Waals surface area contributed by atoms with E-state index in [4.69, 9.17) is 19.4 Å². The quantitative estimate of drug-likeness (QED) is 0.455. The fourth-order valence-electron chi connectivity index (χ4n) is 3.57. The third-order valence-corrected chi connectivity index (χ3v) is 5.99. The number of hydrogen-bond donors (Lipinski definition) is 0. The summed E-state index contributed by atoms with van der Waals surface area (Å²) in [4.78, 5) is 16.2. The van der Waals surface area contributed by atoms with Gasteiger partial charge in [0.25, 0.3) is 0 Å². The lowest BCUT2D eigenvalue weighted by Gasteiger charge is -2.12. The van der Waals surface area contributed by atoms with Gasteiger partial charge >= 0.3 is 0 Å². The van der Waals surface area contributed by atoms with Crippen LogP contribution in [-0.2, 0) is 12.8 Å². The Hall–Kier alpha value is -2.99. The van der Waals surface area contributed by atoms with Crippen LogP contribution in [0.1, 0.15) is 23.8 Å². The molecule has 4 aromatic rings. The summed E-state index contributed by atoms with van der Waals surface area (Å²) in [7, 11) is 0. The number of nitrogens with zero attached hydrogens (tertiary/aromatic N) is 3. The second kappa shape index (κ2) is 7.20. The molecule has 3 heterocycles. The highest BCUT2D eigenvalue weighted by atomic mass is 32.1. The minimum absolute atomic E-state index is 0.578. The molecule has 5 nitrogen and oxygen atoms in total. The van der Waals surface area contributed by atoms with E-state index in [1.165, 1.54) is 16.9 Å². The van der Waals surface area contributed by atoms with Crippen LogP contribution in [0.15, 0.2) is 48.8 Å². The molecule has 0 saturated carbocycles. The highest BCUT2D eigenvalue weighted by molar-refractivity contribution is 7.19. The summed E-state index contributed by atoms with van der Waals surface area (Å²) >= 11 is 1.75. The predicted octanol–water partition coefficient (Wildman–Crippen LogP) is 5.43. The van der Waals surface area contributed by atoms with E-state index in [0.29, 0.717) is 29.8 Å². The molecule has 0 atom stereocenters. The molecular formula is C22H19N3O2S. The van der Waals surface area contributed by atoms with Gasteiger partial charge in [0.15, 0.2) is 17.3 Å². The maximum Gasteiger partial charge on any atom is 0.232 e. The van der Waals surface area contributed by atoms with E-state index in [2.05, 4.69) is 4.98 Å². The van der Waals surface area contributed by atoms with Gasteiger partial charge in [0.05, 0.1) is 12.0 Å². The fourth-order valence-corrected chi connectivity index (χ4v) is 4.83. The van der Waals surface area contributed by atoms with E-state index in [1.54, 1.807) is 23.7 Å². The molecule has 0 amide bonds. The van der Waals surface area contributed by atoms with Crippen molar-refractivity contribution < 1.29 is 9.47 Å². The van der Waals surface area contributed by atoms with Gasteiger partial charge in [-0.05, 0) is 56.0 Å². The van der Waals surface area contributed by atoms with Crippen LogP contribution < -0.4 is 9.47 Å². The Labute approximate surface area is 167 Å². The van der Waals surface area contributed by atoms with Gasteiger partial charge < -0.3 is 9.47 Å². The number of aromatic nitrogens is 3. The third-order valence-electron chi connectivity index (χ3n) is 4.81. The Morgan fingerprint density at radius 2 is 1.93 bits per heavy atom. The standard InChI is InChI=1S/C22H19N3O2S/c1-2-26-16-9-3-4-10-17(16)27-21-19-15-8-5-11-18(15)28-22(19)25-20(24-21)14-7-6-12-23-13-14/h3-4,6-7,9-10,12-13H,2,5,8,11H2,1H3. The Bertz CT molecular complexity index is 1140. The molecule has 0 fully saturated rings. The normalized spacial score (nSPS) is 12.9. The molecule has 0 N–H and O–H groups in total. The topological polar surface area (TPSA) is 57.1 Å². The number of fused-ring (bicyclic) bond motifs is 3. The van der Waals surface area contributed by atoms with E-state index in [-0.39, 0.29) is 0 Å². The molecule has 5 rings (SSSR count). The summed E-state index contributed by atoms with van der Waals surface area (Å²) in [5.74, 6) is 2.60. The lowest BCUT2D eigenvalue weighted by atomic mass is 10.2. The molecule has 1 aromatic carbocycles. The molecule has 3 aromatic heterocycles. The van der Waals surface area contributed by atoms with Crippen molar-refractivity contribution in [3.8, 4) is 28.8 Å². The molecule has 0 aliphatic heterocycles.